The van der Waals surface area contributed by atoms with Gasteiger partial charge in [-0.25, -0.2) is 0 Å². The van der Waals surface area contributed by atoms with Gasteiger partial charge in [0.1, 0.15) is 0 Å². The van der Waals surface area contributed by atoms with Crippen LogP contribution in [0.4, 0.5) is 0 Å². The molecule has 1 saturated carbocycles. The molecule has 0 radical (unpaired) electrons. The van der Waals surface area contributed by atoms with Gasteiger partial charge in [-0.3, -0.25) is 0 Å². The van der Waals surface area contributed by atoms with E-state index in [1.165, 1.54) is 37.7 Å². The molecule has 21 heavy (non-hydrogen) atoms. The van der Waals surface area contributed by atoms with E-state index in [4.69, 9.17) is 14.2 Å². The Morgan fingerprint density at radius 2 is 1.95 bits per heavy atom. The van der Waals surface area contributed by atoms with Crippen molar-refractivity contribution in [2.45, 2.75) is 51.2 Å². The summed E-state index contributed by atoms with van der Waals surface area (Å²) in [4.78, 5) is 0. The van der Waals surface area contributed by atoms with Crippen LogP contribution in [0.3, 0.4) is 0 Å². The molecule has 4 heteroatoms. The summed E-state index contributed by atoms with van der Waals surface area (Å²) in [5, 5.41) is 3.45. The normalized spacial score (nSPS) is 18.1. The number of benzene rings is 1. The molecule has 116 valence electrons. The smallest absolute Gasteiger partial charge is 0.231 e. The summed E-state index contributed by atoms with van der Waals surface area (Å²) in [6.45, 7) is 3.06. The highest BCUT2D eigenvalue weighted by molar-refractivity contribution is 5.44. The average molecular weight is 291 g/mol. The number of hydrogen-bond acceptors (Lipinski definition) is 4. The van der Waals surface area contributed by atoms with Crippen LogP contribution in [-0.4, -0.2) is 26.0 Å². The first-order valence-electron chi connectivity index (χ1n) is 8.13. The molecule has 1 N–H and O–H groups in total. The van der Waals surface area contributed by atoms with Crippen molar-refractivity contribution in [3.8, 4) is 11.5 Å². The highest BCUT2D eigenvalue weighted by Crippen LogP contribution is 2.32. The van der Waals surface area contributed by atoms with E-state index in [0.29, 0.717) is 12.9 Å². The molecule has 4 nitrogen and oxygen atoms in total. The van der Waals surface area contributed by atoms with E-state index in [-0.39, 0.29) is 0 Å². The second-order valence-electron chi connectivity index (χ2n) is 5.85. The molecule has 0 aromatic heterocycles. The number of rotatable bonds is 7. The first-order valence-corrected chi connectivity index (χ1v) is 8.13. The van der Waals surface area contributed by atoms with Gasteiger partial charge in [-0.05, 0) is 43.5 Å². The van der Waals surface area contributed by atoms with E-state index in [0.717, 1.165) is 37.6 Å². The molecule has 1 aromatic carbocycles. The fraction of sp³-hybridized carbons (Fsp3) is 0.647. The highest BCUT2D eigenvalue weighted by atomic mass is 16.7. The maximum atomic E-state index is 5.92. The lowest BCUT2D eigenvalue weighted by Gasteiger charge is -2.21. The minimum Gasteiger partial charge on any atom is -0.454 e. The lowest BCUT2D eigenvalue weighted by Crippen LogP contribution is -2.20. The molecule has 0 bridgehead atoms. The Labute approximate surface area is 126 Å². The Morgan fingerprint density at radius 1 is 1.10 bits per heavy atom. The molecule has 1 aliphatic carbocycles. The Balaban J connectivity index is 1.28. The number of hydrogen-bond donors (Lipinski definition) is 1. The predicted octanol–water partition coefficient (Wildman–Crippen LogP) is 3.24. The summed E-state index contributed by atoms with van der Waals surface area (Å²) in [6.07, 6.45) is 8.17. The van der Waals surface area contributed by atoms with Gasteiger partial charge >= 0.3 is 0 Å². The van der Waals surface area contributed by atoms with E-state index in [1.807, 2.05) is 12.1 Å². The molecule has 1 aromatic rings. The molecule has 0 amide bonds. The van der Waals surface area contributed by atoms with Crippen LogP contribution in [0.15, 0.2) is 18.2 Å². The molecule has 2 aliphatic rings. The van der Waals surface area contributed by atoms with Crippen molar-refractivity contribution in [3.63, 3.8) is 0 Å². The molecule has 0 unspecified atom stereocenters. The van der Waals surface area contributed by atoms with Gasteiger partial charge in [0.15, 0.2) is 11.5 Å². The third-order valence-corrected chi connectivity index (χ3v) is 4.17. The monoisotopic (exact) mass is 291 g/mol. The number of nitrogens with one attached hydrogen (secondary N) is 1. The average Bonchev–Trinajstić information content (AvgIpc) is 2.99. The topological polar surface area (TPSA) is 39.7 Å². The third-order valence-electron chi connectivity index (χ3n) is 4.17. The van der Waals surface area contributed by atoms with Crippen LogP contribution < -0.4 is 14.8 Å². The molecule has 1 aliphatic heterocycles. The van der Waals surface area contributed by atoms with Gasteiger partial charge in [-0.1, -0.05) is 25.3 Å². The zero-order valence-corrected chi connectivity index (χ0v) is 12.6. The van der Waals surface area contributed by atoms with Crippen molar-refractivity contribution in [1.29, 1.82) is 0 Å². The van der Waals surface area contributed by atoms with E-state index < -0.39 is 0 Å². The minimum atomic E-state index is 0.338. The molecule has 0 spiro atoms. The van der Waals surface area contributed by atoms with Crippen LogP contribution in [0.1, 0.15) is 44.1 Å². The van der Waals surface area contributed by atoms with Crippen LogP contribution in [0.25, 0.3) is 0 Å². The zero-order valence-electron chi connectivity index (χ0n) is 12.6. The van der Waals surface area contributed by atoms with E-state index in [1.54, 1.807) is 0 Å². The van der Waals surface area contributed by atoms with E-state index >= 15 is 0 Å². The van der Waals surface area contributed by atoms with Crippen molar-refractivity contribution in [2.24, 2.45) is 0 Å². The van der Waals surface area contributed by atoms with Crippen molar-refractivity contribution >= 4 is 0 Å². The molecule has 1 fully saturated rings. The van der Waals surface area contributed by atoms with E-state index in [2.05, 4.69) is 11.4 Å². The Bertz CT molecular complexity index is 444. The van der Waals surface area contributed by atoms with Gasteiger partial charge in [0.05, 0.1) is 6.10 Å². The Hall–Kier alpha value is -1.26. The predicted molar refractivity (Wildman–Crippen MR) is 81.7 cm³/mol. The maximum Gasteiger partial charge on any atom is 0.231 e. The molecule has 0 atom stereocenters. The minimum absolute atomic E-state index is 0.338. The lowest BCUT2D eigenvalue weighted by molar-refractivity contribution is 0.0273. The number of fused-ring (bicyclic) bond motifs is 1. The fourth-order valence-electron chi connectivity index (χ4n) is 2.96. The van der Waals surface area contributed by atoms with Crippen LogP contribution in [0, 0.1) is 0 Å². The standard InChI is InChI=1S/C17H25NO3/c1-2-5-15(6-3-1)19-10-4-9-18-12-14-7-8-16-17(11-14)21-13-20-16/h7-8,11,15,18H,1-6,9-10,12-13H2. The number of ether oxygens (including phenoxy) is 3. The van der Waals surface area contributed by atoms with Crippen LogP contribution in [0.5, 0.6) is 11.5 Å². The van der Waals surface area contributed by atoms with Gasteiger partial charge in [0.25, 0.3) is 0 Å². The fourth-order valence-corrected chi connectivity index (χ4v) is 2.96. The quantitative estimate of drug-likeness (QED) is 0.783. The largest absolute Gasteiger partial charge is 0.454 e. The third kappa shape index (κ3) is 4.35. The second kappa shape index (κ2) is 7.66. The summed E-state index contributed by atoms with van der Waals surface area (Å²) in [6, 6.07) is 6.11. The van der Waals surface area contributed by atoms with Gasteiger partial charge in [0, 0.05) is 13.2 Å². The van der Waals surface area contributed by atoms with Crippen molar-refractivity contribution < 1.29 is 14.2 Å². The first kappa shape index (κ1) is 14.7. The second-order valence-corrected chi connectivity index (χ2v) is 5.85. The summed E-state index contributed by atoms with van der Waals surface area (Å²) in [5.41, 5.74) is 1.23. The van der Waals surface area contributed by atoms with Gasteiger partial charge in [-0.15, -0.1) is 0 Å². The molecular weight excluding hydrogens is 266 g/mol. The SMILES string of the molecule is c1cc2c(cc1CNCCCOC1CCCCC1)OCO2. The maximum absolute atomic E-state index is 5.92. The summed E-state index contributed by atoms with van der Waals surface area (Å²) < 4.78 is 16.6. The van der Waals surface area contributed by atoms with Crippen LogP contribution in [-0.2, 0) is 11.3 Å². The zero-order chi connectivity index (χ0) is 14.3. The Kier molecular flexibility index (Phi) is 5.35. The molecular formula is C17H25NO3. The van der Waals surface area contributed by atoms with Gasteiger partial charge in [0.2, 0.25) is 6.79 Å². The lowest BCUT2D eigenvalue weighted by atomic mass is 9.98. The van der Waals surface area contributed by atoms with E-state index in [9.17, 15) is 0 Å². The Morgan fingerprint density at radius 3 is 2.86 bits per heavy atom. The van der Waals surface area contributed by atoms with Crippen LogP contribution in [0.2, 0.25) is 0 Å². The van der Waals surface area contributed by atoms with Gasteiger partial charge < -0.3 is 19.5 Å². The highest BCUT2D eigenvalue weighted by Gasteiger charge is 2.14. The molecule has 1 heterocycles. The summed E-state index contributed by atoms with van der Waals surface area (Å²) in [7, 11) is 0. The summed E-state index contributed by atoms with van der Waals surface area (Å²) >= 11 is 0. The van der Waals surface area contributed by atoms with Crippen molar-refractivity contribution in [2.75, 3.05) is 19.9 Å². The van der Waals surface area contributed by atoms with Crippen molar-refractivity contribution in [3.05, 3.63) is 23.8 Å². The molecule has 3 rings (SSSR count). The van der Waals surface area contributed by atoms with Gasteiger partial charge in [-0.2, -0.15) is 0 Å². The molecule has 0 saturated heterocycles. The van der Waals surface area contributed by atoms with Crippen LogP contribution >= 0.6 is 0 Å². The van der Waals surface area contributed by atoms with Crippen molar-refractivity contribution in [1.82, 2.24) is 5.32 Å². The summed E-state index contributed by atoms with van der Waals surface area (Å²) in [5.74, 6) is 1.70. The first-order chi connectivity index (χ1) is 10.4.